The van der Waals surface area contributed by atoms with Gasteiger partial charge in [-0.2, -0.15) is 0 Å². The van der Waals surface area contributed by atoms with Crippen LogP contribution in [0.4, 0.5) is 4.79 Å². The third kappa shape index (κ3) is 2.96. The first-order chi connectivity index (χ1) is 8.15. The van der Waals surface area contributed by atoms with Crippen molar-refractivity contribution in [3.05, 3.63) is 35.4 Å². The van der Waals surface area contributed by atoms with E-state index in [1.165, 1.54) is 5.56 Å². The molecule has 0 spiro atoms. The van der Waals surface area contributed by atoms with Crippen molar-refractivity contribution in [1.29, 1.82) is 0 Å². The molecule has 0 bridgehead atoms. The van der Waals surface area contributed by atoms with E-state index in [1.807, 2.05) is 31.2 Å². The molecule has 0 radical (unpaired) electrons. The zero-order valence-electron chi connectivity index (χ0n) is 9.53. The molecule has 5 nitrogen and oxygen atoms in total. The van der Waals surface area contributed by atoms with E-state index in [1.54, 1.807) is 0 Å². The highest BCUT2D eigenvalue weighted by molar-refractivity contribution is 5.87. The van der Waals surface area contributed by atoms with Crippen molar-refractivity contribution >= 4 is 12.0 Å². The topological polar surface area (TPSA) is 67.4 Å². The molecule has 0 aliphatic carbocycles. The summed E-state index contributed by atoms with van der Waals surface area (Å²) >= 11 is 0. The highest BCUT2D eigenvalue weighted by Gasteiger charge is 2.28. The number of aryl methyl sites for hydroxylation is 1. The standard InChI is InChI=1S/C12H14N2O3/c1-8-2-4-9(5-3-8)6-13-11(15)10-7-17-12(16)14-10/h2-5,10H,6-7H2,1H3,(H,13,15)(H,14,16). The molecule has 2 N–H and O–H groups in total. The second-order valence-corrected chi connectivity index (χ2v) is 4.00. The Balaban J connectivity index is 1.84. The lowest BCUT2D eigenvalue weighted by atomic mass is 10.1. The first kappa shape index (κ1) is 11.4. The van der Waals surface area contributed by atoms with Crippen LogP contribution in [0.1, 0.15) is 11.1 Å². The molecule has 1 fully saturated rings. The first-order valence-corrected chi connectivity index (χ1v) is 5.42. The molecule has 5 heteroatoms. The molecule has 1 atom stereocenters. The molecule has 90 valence electrons. The van der Waals surface area contributed by atoms with Gasteiger partial charge in [0, 0.05) is 6.54 Å². The van der Waals surface area contributed by atoms with Gasteiger partial charge in [0.2, 0.25) is 5.91 Å². The molecule has 1 saturated heterocycles. The van der Waals surface area contributed by atoms with Gasteiger partial charge in [-0.1, -0.05) is 29.8 Å². The summed E-state index contributed by atoms with van der Waals surface area (Å²) < 4.78 is 4.64. The fraction of sp³-hybridized carbons (Fsp3) is 0.333. The maximum Gasteiger partial charge on any atom is 0.407 e. The number of amides is 2. The van der Waals surface area contributed by atoms with Crippen LogP contribution in [0.25, 0.3) is 0 Å². The Morgan fingerprint density at radius 1 is 1.47 bits per heavy atom. The minimum atomic E-state index is -0.576. The van der Waals surface area contributed by atoms with Gasteiger partial charge in [0.25, 0.3) is 0 Å². The van der Waals surface area contributed by atoms with E-state index in [2.05, 4.69) is 15.4 Å². The number of benzene rings is 1. The van der Waals surface area contributed by atoms with Gasteiger partial charge in [-0.25, -0.2) is 4.79 Å². The minimum Gasteiger partial charge on any atom is -0.447 e. The Morgan fingerprint density at radius 3 is 2.76 bits per heavy atom. The van der Waals surface area contributed by atoms with E-state index in [0.717, 1.165) is 5.56 Å². The van der Waals surface area contributed by atoms with E-state index in [0.29, 0.717) is 6.54 Å². The van der Waals surface area contributed by atoms with Gasteiger partial charge in [0.05, 0.1) is 0 Å². The van der Waals surface area contributed by atoms with E-state index >= 15 is 0 Å². The first-order valence-electron chi connectivity index (χ1n) is 5.42. The van der Waals surface area contributed by atoms with Crippen LogP contribution in [0.3, 0.4) is 0 Å². The highest BCUT2D eigenvalue weighted by Crippen LogP contribution is 2.03. The molecular weight excluding hydrogens is 220 g/mol. The summed E-state index contributed by atoms with van der Waals surface area (Å²) in [5, 5.41) is 5.17. The van der Waals surface area contributed by atoms with Gasteiger partial charge in [-0.3, -0.25) is 4.79 Å². The number of ether oxygens (including phenoxy) is 1. The summed E-state index contributed by atoms with van der Waals surface area (Å²) in [6.07, 6.45) is -0.541. The van der Waals surface area contributed by atoms with Crippen LogP contribution in [-0.2, 0) is 16.1 Å². The second kappa shape index (κ2) is 4.86. The van der Waals surface area contributed by atoms with Crippen molar-refractivity contribution in [3.8, 4) is 0 Å². The van der Waals surface area contributed by atoms with Gasteiger partial charge in [-0.05, 0) is 12.5 Å². The monoisotopic (exact) mass is 234 g/mol. The molecule has 1 aliphatic heterocycles. The predicted molar refractivity (Wildman–Crippen MR) is 61.3 cm³/mol. The van der Waals surface area contributed by atoms with Crippen LogP contribution in [-0.4, -0.2) is 24.6 Å². The fourth-order valence-electron chi connectivity index (χ4n) is 1.54. The van der Waals surface area contributed by atoms with Crippen LogP contribution >= 0.6 is 0 Å². The molecule has 1 aromatic rings. The molecule has 1 aliphatic rings. The number of hydrogen-bond donors (Lipinski definition) is 2. The molecule has 0 aromatic heterocycles. The van der Waals surface area contributed by atoms with Crippen LogP contribution < -0.4 is 10.6 Å². The van der Waals surface area contributed by atoms with Gasteiger partial charge >= 0.3 is 6.09 Å². The molecule has 1 heterocycles. The van der Waals surface area contributed by atoms with E-state index in [9.17, 15) is 9.59 Å². The predicted octanol–water partition coefficient (Wildman–Crippen LogP) is 0.720. The van der Waals surface area contributed by atoms with Gasteiger partial charge < -0.3 is 15.4 Å². The highest BCUT2D eigenvalue weighted by atomic mass is 16.6. The molecule has 2 amide bonds. The molecule has 1 aromatic carbocycles. The summed E-state index contributed by atoms with van der Waals surface area (Å²) in [6, 6.07) is 7.32. The molecule has 1 unspecified atom stereocenters. The van der Waals surface area contributed by atoms with Gasteiger partial charge in [0.1, 0.15) is 12.6 Å². The number of rotatable bonds is 3. The zero-order valence-corrected chi connectivity index (χ0v) is 9.53. The van der Waals surface area contributed by atoms with Crippen molar-refractivity contribution in [2.24, 2.45) is 0 Å². The Labute approximate surface area is 99.2 Å². The average molecular weight is 234 g/mol. The molecular formula is C12H14N2O3. The summed E-state index contributed by atoms with van der Waals surface area (Å²) in [7, 11) is 0. The summed E-state index contributed by atoms with van der Waals surface area (Å²) in [5.74, 6) is -0.226. The summed E-state index contributed by atoms with van der Waals surface area (Å²) in [4.78, 5) is 22.4. The van der Waals surface area contributed by atoms with Crippen LogP contribution in [0.5, 0.6) is 0 Å². The molecule has 2 rings (SSSR count). The number of cyclic esters (lactones) is 1. The SMILES string of the molecule is Cc1ccc(CNC(=O)C2COC(=O)N2)cc1. The number of alkyl carbamates (subject to hydrolysis) is 1. The molecule has 17 heavy (non-hydrogen) atoms. The Morgan fingerprint density at radius 2 is 2.18 bits per heavy atom. The number of carbonyl (C=O) groups excluding carboxylic acids is 2. The Hall–Kier alpha value is -2.04. The number of nitrogens with one attached hydrogen (secondary N) is 2. The lowest BCUT2D eigenvalue weighted by Crippen LogP contribution is -2.42. The Bertz CT molecular complexity index is 428. The third-order valence-corrected chi connectivity index (χ3v) is 2.58. The van der Waals surface area contributed by atoms with Crippen LogP contribution in [0, 0.1) is 6.92 Å². The van der Waals surface area contributed by atoms with Gasteiger partial charge in [0.15, 0.2) is 0 Å². The zero-order chi connectivity index (χ0) is 12.3. The summed E-state index contributed by atoms with van der Waals surface area (Å²) in [5.41, 5.74) is 2.20. The van der Waals surface area contributed by atoms with Crippen molar-refractivity contribution < 1.29 is 14.3 Å². The van der Waals surface area contributed by atoms with E-state index in [-0.39, 0.29) is 12.5 Å². The van der Waals surface area contributed by atoms with Crippen LogP contribution in [0.15, 0.2) is 24.3 Å². The van der Waals surface area contributed by atoms with E-state index in [4.69, 9.17) is 0 Å². The number of carbonyl (C=O) groups is 2. The van der Waals surface area contributed by atoms with Crippen LogP contribution in [0.2, 0.25) is 0 Å². The Kier molecular flexibility index (Phi) is 3.27. The maximum atomic E-state index is 11.6. The number of hydrogen-bond acceptors (Lipinski definition) is 3. The van der Waals surface area contributed by atoms with Crippen molar-refractivity contribution in [2.75, 3.05) is 6.61 Å². The second-order valence-electron chi connectivity index (χ2n) is 4.00. The quantitative estimate of drug-likeness (QED) is 0.809. The lowest BCUT2D eigenvalue weighted by Gasteiger charge is -2.09. The third-order valence-electron chi connectivity index (χ3n) is 2.58. The summed E-state index contributed by atoms with van der Waals surface area (Å²) in [6.45, 7) is 2.55. The lowest BCUT2D eigenvalue weighted by molar-refractivity contribution is -0.122. The maximum absolute atomic E-state index is 11.6. The van der Waals surface area contributed by atoms with Crippen molar-refractivity contribution in [2.45, 2.75) is 19.5 Å². The fourth-order valence-corrected chi connectivity index (χ4v) is 1.54. The van der Waals surface area contributed by atoms with Crippen molar-refractivity contribution in [1.82, 2.24) is 10.6 Å². The normalized spacial score (nSPS) is 18.4. The van der Waals surface area contributed by atoms with Crippen molar-refractivity contribution in [3.63, 3.8) is 0 Å². The largest absolute Gasteiger partial charge is 0.447 e. The molecule has 0 saturated carbocycles. The minimum absolute atomic E-state index is 0.0958. The van der Waals surface area contributed by atoms with Gasteiger partial charge in [-0.15, -0.1) is 0 Å². The smallest absolute Gasteiger partial charge is 0.407 e. The van der Waals surface area contributed by atoms with E-state index < -0.39 is 12.1 Å². The average Bonchev–Trinajstić information content (AvgIpc) is 2.75.